The molecule has 1 aromatic heterocycles. The van der Waals surface area contributed by atoms with Gasteiger partial charge in [-0.05, 0) is 47.8 Å². The molecule has 0 amide bonds. The van der Waals surface area contributed by atoms with E-state index >= 15 is 0 Å². The van der Waals surface area contributed by atoms with E-state index in [1.807, 2.05) is 25.9 Å². The third-order valence-corrected chi connectivity index (χ3v) is 4.99. The van der Waals surface area contributed by atoms with Crippen molar-refractivity contribution in [2.75, 3.05) is 27.2 Å². The molecule has 0 aliphatic heterocycles. The molecule has 0 spiro atoms. The Morgan fingerprint density at radius 3 is 2.52 bits per heavy atom. The van der Waals surface area contributed by atoms with Gasteiger partial charge in [0.2, 0.25) is 10.0 Å². The van der Waals surface area contributed by atoms with Gasteiger partial charge in [-0.2, -0.15) is 5.10 Å². The van der Waals surface area contributed by atoms with Gasteiger partial charge in [0.25, 0.3) is 0 Å². The fraction of sp³-hybridized carbons (Fsp3) is 0.769. The summed E-state index contributed by atoms with van der Waals surface area (Å²) >= 11 is 0. The highest BCUT2D eigenvalue weighted by atomic mass is 32.2. The van der Waals surface area contributed by atoms with Gasteiger partial charge >= 0.3 is 0 Å². The Bertz CT molecular complexity index is 565. The summed E-state index contributed by atoms with van der Waals surface area (Å²) in [5.74, 6) is 0. The molecule has 1 atom stereocenters. The van der Waals surface area contributed by atoms with Crippen molar-refractivity contribution in [2.45, 2.75) is 44.7 Å². The van der Waals surface area contributed by atoms with E-state index in [1.54, 1.807) is 18.5 Å². The van der Waals surface area contributed by atoms with Gasteiger partial charge in [0.05, 0.1) is 11.4 Å². The number of aromatic nitrogens is 2. The molecule has 21 heavy (non-hydrogen) atoms. The second-order valence-electron chi connectivity index (χ2n) is 5.65. The molecule has 122 valence electrons. The molecule has 1 rings (SSSR count). The van der Waals surface area contributed by atoms with E-state index in [0.717, 1.165) is 6.42 Å². The van der Waals surface area contributed by atoms with Crippen LogP contribution in [-0.4, -0.2) is 56.3 Å². The Labute approximate surface area is 127 Å². The average Bonchev–Trinajstić information content (AvgIpc) is 2.60. The molecule has 1 unspecified atom stereocenters. The number of aryl methyl sites for hydroxylation is 2. The number of sulfonamides is 1. The summed E-state index contributed by atoms with van der Waals surface area (Å²) in [6.45, 7) is 7.17. The molecule has 0 radical (unpaired) electrons. The van der Waals surface area contributed by atoms with E-state index in [9.17, 15) is 8.42 Å². The lowest BCUT2D eigenvalue weighted by Crippen LogP contribution is -2.39. The molecular formula is C13H27N5O2S. The van der Waals surface area contributed by atoms with Crippen LogP contribution < -0.4 is 10.5 Å². The predicted molar refractivity (Wildman–Crippen MR) is 83.7 cm³/mol. The van der Waals surface area contributed by atoms with Crippen LogP contribution in [0.2, 0.25) is 0 Å². The van der Waals surface area contributed by atoms with Crippen molar-refractivity contribution < 1.29 is 8.42 Å². The topological polar surface area (TPSA) is 93.2 Å². The highest BCUT2D eigenvalue weighted by Gasteiger charge is 2.26. The van der Waals surface area contributed by atoms with Crippen molar-refractivity contribution in [1.29, 1.82) is 0 Å². The van der Waals surface area contributed by atoms with Crippen LogP contribution in [-0.2, 0) is 16.6 Å². The van der Waals surface area contributed by atoms with Crippen LogP contribution in [0.1, 0.15) is 24.7 Å². The minimum Gasteiger partial charge on any atom is -0.330 e. The largest absolute Gasteiger partial charge is 0.330 e. The van der Waals surface area contributed by atoms with Gasteiger partial charge in [-0.3, -0.25) is 4.68 Å². The Hall–Kier alpha value is -0.960. The fourth-order valence-corrected chi connectivity index (χ4v) is 4.08. The van der Waals surface area contributed by atoms with E-state index < -0.39 is 10.0 Å². The first-order valence-corrected chi connectivity index (χ1v) is 8.58. The SMILES string of the molecule is Cc1nn(CCCN)c(C)c1S(=O)(=O)NC(C)CN(C)C. The lowest BCUT2D eigenvalue weighted by Gasteiger charge is -2.18. The Morgan fingerprint density at radius 1 is 1.38 bits per heavy atom. The highest BCUT2D eigenvalue weighted by molar-refractivity contribution is 7.89. The van der Waals surface area contributed by atoms with Crippen LogP contribution in [0.15, 0.2) is 4.90 Å². The second kappa shape index (κ2) is 7.35. The maximum Gasteiger partial charge on any atom is 0.244 e. The maximum atomic E-state index is 12.5. The van der Waals surface area contributed by atoms with Gasteiger partial charge in [0.1, 0.15) is 4.90 Å². The Morgan fingerprint density at radius 2 is 2.00 bits per heavy atom. The summed E-state index contributed by atoms with van der Waals surface area (Å²) in [5.41, 5.74) is 6.67. The first-order valence-electron chi connectivity index (χ1n) is 7.10. The zero-order chi connectivity index (χ0) is 16.2. The van der Waals surface area contributed by atoms with Crippen LogP contribution in [0.3, 0.4) is 0 Å². The normalized spacial score (nSPS) is 13.9. The minimum atomic E-state index is -3.56. The van der Waals surface area contributed by atoms with Crippen molar-refractivity contribution in [3.8, 4) is 0 Å². The predicted octanol–water partition coefficient (Wildman–Crippen LogP) is 0.0771. The molecule has 0 aromatic carbocycles. The number of nitrogens with two attached hydrogens (primary N) is 1. The summed E-state index contributed by atoms with van der Waals surface area (Å²) in [5, 5.41) is 4.31. The monoisotopic (exact) mass is 317 g/mol. The smallest absolute Gasteiger partial charge is 0.244 e. The van der Waals surface area contributed by atoms with Crippen molar-refractivity contribution in [3.05, 3.63) is 11.4 Å². The van der Waals surface area contributed by atoms with E-state index in [1.165, 1.54) is 0 Å². The number of hydrogen-bond donors (Lipinski definition) is 2. The molecule has 0 fully saturated rings. The molecule has 0 aliphatic carbocycles. The molecular weight excluding hydrogens is 290 g/mol. The van der Waals surface area contributed by atoms with Crippen molar-refractivity contribution in [2.24, 2.45) is 5.73 Å². The zero-order valence-electron chi connectivity index (χ0n) is 13.5. The lowest BCUT2D eigenvalue weighted by molar-refractivity contribution is 0.370. The summed E-state index contributed by atoms with van der Waals surface area (Å²) in [4.78, 5) is 2.22. The average molecular weight is 317 g/mol. The van der Waals surface area contributed by atoms with E-state index in [4.69, 9.17) is 5.73 Å². The lowest BCUT2D eigenvalue weighted by atomic mass is 10.3. The molecule has 1 aromatic rings. The Kier molecular flexibility index (Phi) is 6.33. The number of nitrogens with one attached hydrogen (secondary N) is 1. The third-order valence-electron chi connectivity index (χ3n) is 3.15. The first kappa shape index (κ1) is 18.1. The van der Waals surface area contributed by atoms with E-state index in [2.05, 4.69) is 9.82 Å². The van der Waals surface area contributed by atoms with Gasteiger partial charge in [0, 0.05) is 19.1 Å². The molecule has 0 saturated heterocycles. The van der Waals surface area contributed by atoms with Crippen molar-refractivity contribution in [1.82, 2.24) is 19.4 Å². The number of likely N-dealkylation sites (N-methyl/N-ethyl adjacent to an activating group) is 1. The van der Waals surface area contributed by atoms with Crippen LogP contribution in [0.4, 0.5) is 0 Å². The van der Waals surface area contributed by atoms with Crippen molar-refractivity contribution in [3.63, 3.8) is 0 Å². The van der Waals surface area contributed by atoms with E-state index in [-0.39, 0.29) is 10.9 Å². The molecule has 8 heteroatoms. The molecule has 1 heterocycles. The molecule has 0 bridgehead atoms. The zero-order valence-corrected chi connectivity index (χ0v) is 14.4. The summed E-state index contributed by atoms with van der Waals surface area (Å²) < 4.78 is 29.5. The van der Waals surface area contributed by atoms with Crippen LogP contribution in [0.5, 0.6) is 0 Å². The number of nitrogens with zero attached hydrogens (tertiary/aromatic N) is 3. The van der Waals surface area contributed by atoms with Gasteiger partial charge in [-0.15, -0.1) is 0 Å². The summed E-state index contributed by atoms with van der Waals surface area (Å²) in [7, 11) is 0.256. The van der Waals surface area contributed by atoms with Gasteiger partial charge in [-0.25, -0.2) is 13.1 Å². The van der Waals surface area contributed by atoms with Crippen LogP contribution >= 0.6 is 0 Å². The Balaban J connectivity index is 3.00. The second-order valence-corrected chi connectivity index (χ2v) is 7.30. The maximum absolute atomic E-state index is 12.5. The van der Waals surface area contributed by atoms with Crippen LogP contribution in [0, 0.1) is 13.8 Å². The summed E-state index contributed by atoms with van der Waals surface area (Å²) in [6.07, 6.45) is 0.770. The van der Waals surface area contributed by atoms with Gasteiger partial charge in [0.15, 0.2) is 0 Å². The minimum absolute atomic E-state index is 0.170. The molecule has 7 nitrogen and oxygen atoms in total. The molecule has 0 saturated carbocycles. The standard InChI is InChI=1S/C13H27N5O2S/c1-10(9-17(4)5)16-21(19,20)13-11(2)15-18(12(13)3)8-6-7-14/h10,16H,6-9,14H2,1-5H3. The first-order chi connectivity index (χ1) is 9.69. The van der Waals surface area contributed by atoms with Gasteiger partial charge in [-0.1, -0.05) is 0 Å². The van der Waals surface area contributed by atoms with Gasteiger partial charge < -0.3 is 10.6 Å². The quantitative estimate of drug-likeness (QED) is 0.708. The fourth-order valence-electron chi connectivity index (χ4n) is 2.44. The summed E-state index contributed by atoms with van der Waals surface area (Å²) in [6, 6.07) is -0.170. The number of rotatable bonds is 8. The third kappa shape index (κ3) is 4.77. The number of hydrogen-bond acceptors (Lipinski definition) is 5. The van der Waals surface area contributed by atoms with E-state index in [0.29, 0.717) is 31.0 Å². The van der Waals surface area contributed by atoms with Crippen LogP contribution in [0.25, 0.3) is 0 Å². The molecule has 0 aliphatic rings. The van der Waals surface area contributed by atoms with Crippen molar-refractivity contribution >= 4 is 10.0 Å². The highest BCUT2D eigenvalue weighted by Crippen LogP contribution is 2.19. The molecule has 3 N–H and O–H groups in total.